The van der Waals surface area contributed by atoms with E-state index in [-0.39, 0.29) is 0 Å². The monoisotopic (exact) mass is 296 g/mol. The fourth-order valence-electron chi connectivity index (χ4n) is 2.89. The maximum absolute atomic E-state index is 4.71. The van der Waals surface area contributed by atoms with Gasteiger partial charge in [-0.05, 0) is 26.7 Å². The molecular formula is C18H24N4. The van der Waals surface area contributed by atoms with E-state index < -0.39 is 0 Å². The van der Waals surface area contributed by atoms with Gasteiger partial charge in [-0.2, -0.15) is 4.98 Å². The maximum Gasteiger partial charge on any atom is 0.225 e. The summed E-state index contributed by atoms with van der Waals surface area (Å²) in [7, 11) is 0. The Kier molecular flexibility index (Phi) is 4.56. The minimum atomic E-state index is 0.345. The molecule has 0 atom stereocenters. The molecule has 4 heteroatoms. The van der Waals surface area contributed by atoms with Gasteiger partial charge < -0.3 is 10.6 Å². The second-order valence-electron chi connectivity index (χ2n) is 6.25. The highest BCUT2D eigenvalue weighted by Gasteiger charge is 2.16. The second-order valence-corrected chi connectivity index (χ2v) is 6.25. The van der Waals surface area contributed by atoms with Crippen molar-refractivity contribution in [3.8, 4) is 11.3 Å². The van der Waals surface area contributed by atoms with E-state index >= 15 is 0 Å². The van der Waals surface area contributed by atoms with E-state index in [1.165, 1.54) is 25.7 Å². The van der Waals surface area contributed by atoms with E-state index in [4.69, 9.17) is 4.98 Å². The van der Waals surface area contributed by atoms with Crippen LogP contribution in [0.2, 0.25) is 0 Å². The number of hydrogen-bond acceptors (Lipinski definition) is 4. The molecule has 1 fully saturated rings. The Balaban J connectivity index is 1.90. The Morgan fingerprint density at radius 3 is 2.45 bits per heavy atom. The van der Waals surface area contributed by atoms with Crippen LogP contribution in [0.1, 0.15) is 39.5 Å². The van der Waals surface area contributed by atoms with Crippen molar-refractivity contribution in [2.75, 3.05) is 10.6 Å². The third kappa shape index (κ3) is 3.75. The second kappa shape index (κ2) is 6.77. The molecular weight excluding hydrogens is 272 g/mol. The van der Waals surface area contributed by atoms with Crippen LogP contribution in [0.5, 0.6) is 0 Å². The summed E-state index contributed by atoms with van der Waals surface area (Å²) < 4.78 is 0. The lowest BCUT2D eigenvalue weighted by molar-refractivity contribution is 0.744. The van der Waals surface area contributed by atoms with Crippen LogP contribution in [0.25, 0.3) is 11.3 Å². The molecule has 4 nitrogen and oxygen atoms in total. The van der Waals surface area contributed by atoms with Gasteiger partial charge in [0.2, 0.25) is 5.95 Å². The van der Waals surface area contributed by atoms with Crippen molar-refractivity contribution >= 4 is 11.8 Å². The van der Waals surface area contributed by atoms with Crippen LogP contribution in [0.15, 0.2) is 36.4 Å². The molecule has 0 radical (unpaired) electrons. The van der Waals surface area contributed by atoms with Gasteiger partial charge in [0.05, 0.1) is 5.69 Å². The Morgan fingerprint density at radius 2 is 1.77 bits per heavy atom. The van der Waals surface area contributed by atoms with E-state index in [1.807, 2.05) is 24.3 Å². The molecule has 116 valence electrons. The van der Waals surface area contributed by atoms with Crippen molar-refractivity contribution in [2.45, 2.75) is 51.6 Å². The van der Waals surface area contributed by atoms with Crippen LogP contribution >= 0.6 is 0 Å². The molecule has 0 saturated heterocycles. The van der Waals surface area contributed by atoms with E-state index in [0.717, 1.165) is 23.0 Å². The Labute approximate surface area is 132 Å². The van der Waals surface area contributed by atoms with Gasteiger partial charge >= 0.3 is 0 Å². The van der Waals surface area contributed by atoms with Gasteiger partial charge in [0.15, 0.2) is 0 Å². The third-order valence-corrected chi connectivity index (χ3v) is 3.92. The zero-order chi connectivity index (χ0) is 15.4. The van der Waals surface area contributed by atoms with Crippen molar-refractivity contribution in [1.82, 2.24) is 9.97 Å². The number of anilines is 2. The van der Waals surface area contributed by atoms with Crippen LogP contribution in [0, 0.1) is 0 Å². The molecule has 1 aromatic heterocycles. The SMILES string of the molecule is CC(C)Nc1cc(-c2ccccc2)nc(NC2CCCC2)n1. The average Bonchev–Trinajstić information content (AvgIpc) is 3.00. The normalized spacial score (nSPS) is 15.2. The lowest BCUT2D eigenvalue weighted by atomic mass is 10.1. The molecule has 2 aromatic rings. The number of benzene rings is 1. The molecule has 0 unspecified atom stereocenters. The number of nitrogens with zero attached hydrogens (tertiary/aromatic N) is 2. The molecule has 2 N–H and O–H groups in total. The molecule has 0 aliphatic heterocycles. The third-order valence-electron chi connectivity index (χ3n) is 3.92. The van der Waals surface area contributed by atoms with Crippen LogP contribution in [-0.4, -0.2) is 22.1 Å². The summed E-state index contributed by atoms with van der Waals surface area (Å²) in [5.41, 5.74) is 2.07. The summed E-state index contributed by atoms with van der Waals surface area (Å²) in [6.07, 6.45) is 5.03. The summed E-state index contributed by atoms with van der Waals surface area (Å²) in [6, 6.07) is 13.1. The number of aromatic nitrogens is 2. The topological polar surface area (TPSA) is 49.8 Å². The van der Waals surface area contributed by atoms with E-state index in [1.54, 1.807) is 0 Å². The van der Waals surface area contributed by atoms with Gasteiger partial charge in [-0.25, -0.2) is 4.98 Å². The molecule has 0 amide bonds. The van der Waals surface area contributed by atoms with Crippen molar-refractivity contribution < 1.29 is 0 Å². The van der Waals surface area contributed by atoms with Gasteiger partial charge in [0, 0.05) is 23.7 Å². The summed E-state index contributed by atoms with van der Waals surface area (Å²) >= 11 is 0. The zero-order valence-corrected chi connectivity index (χ0v) is 13.3. The average molecular weight is 296 g/mol. The molecule has 22 heavy (non-hydrogen) atoms. The van der Waals surface area contributed by atoms with Gasteiger partial charge in [-0.3, -0.25) is 0 Å². The van der Waals surface area contributed by atoms with Crippen LogP contribution in [-0.2, 0) is 0 Å². The van der Waals surface area contributed by atoms with Gasteiger partial charge in [0.25, 0.3) is 0 Å². The highest BCUT2D eigenvalue weighted by molar-refractivity contribution is 5.64. The predicted molar refractivity (Wildman–Crippen MR) is 92.1 cm³/mol. The molecule has 1 saturated carbocycles. The Bertz CT molecular complexity index is 604. The number of nitrogens with one attached hydrogen (secondary N) is 2. The van der Waals surface area contributed by atoms with Crippen LogP contribution in [0.4, 0.5) is 11.8 Å². The first-order valence-electron chi connectivity index (χ1n) is 8.18. The summed E-state index contributed by atoms with van der Waals surface area (Å²) in [5.74, 6) is 1.61. The smallest absolute Gasteiger partial charge is 0.225 e. The van der Waals surface area contributed by atoms with Crippen LogP contribution in [0.3, 0.4) is 0 Å². The van der Waals surface area contributed by atoms with E-state index in [2.05, 4.69) is 41.6 Å². The van der Waals surface area contributed by atoms with Crippen molar-refractivity contribution in [1.29, 1.82) is 0 Å². The predicted octanol–water partition coefficient (Wildman–Crippen LogP) is 4.32. The molecule has 0 bridgehead atoms. The van der Waals surface area contributed by atoms with E-state index in [9.17, 15) is 0 Å². The highest BCUT2D eigenvalue weighted by Crippen LogP contribution is 2.25. The van der Waals surface area contributed by atoms with Gasteiger partial charge in [-0.1, -0.05) is 43.2 Å². The first-order chi connectivity index (χ1) is 10.7. The Morgan fingerprint density at radius 1 is 1.05 bits per heavy atom. The number of hydrogen-bond donors (Lipinski definition) is 2. The standard InChI is InChI=1S/C18H24N4/c1-13(2)19-17-12-16(14-8-4-3-5-9-14)21-18(22-17)20-15-10-6-7-11-15/h3-5,8-9,12-13,15H,6-7,10-11H2,1-2H3,(H2,19,20,21,22). The Hall–Kier alpha value is -2.10. The first kappa shape index (κ1) is 14.8. The quantitative estimate of drug-likeness (QED) is 0.863. The molecule has 1 aliphatic rings. The largest absolute Gasteiger partial charge is 0.368 e. The molecule has 1 heterocycles. The fourth-order valence-corrected chi connectivity index (χ4v) is 2.89. The van der Waals surface area contributed by atoms with Crippen molar-refractivity contribution in [3.63, 3.8) is 0 Å². The minimum absolute atomic E-state index is 0.345. The summed E-state index contributed by atoms with van der Waals surface area (Å²) in [5, 5.41) is 6.89. The summed E-state index contributed by atoms with van der Waals surface area (Å²) in [4.78, 5) is 9.34. The van der Waals surface area contributed by atoms with Crippen molar-refractivity contribution in [3.05, 3.63) is 36.4 Å². The molecule has 3 rings (SSSR count). The first-order valence-corrected chi connectivity index (χ1v) is 8.18. The maximum atomic E-state index is 4.71. The van der Waals surface area contributed by atoms with Gasteiger partial charge in [0.1, 0.15) is 5.82 Å². The van der Waals surface area contributed by atoms with E-state index in [0.29, 0.717) is 12.1 Å². The fraction of sp³-hybridized carbons (Fsp3) is 0.444. The van der Waals surface area contributed by atoms with Gasteiger partial charge in [-0.15, -0.1) is 0 Å². The molecule has 0 spiro atoms. The molecule has 1 aliphatic carbocycles. The van der Waals surface area contributed by atoms with Crippen LogP contribution < -0.4 is 10.6 Å². The summed E-state index contributed by atoms with van der Waals surface area (Å²) in [6.45, 7) is 4.24. The number of rotatable bonds is 5. The lowest BCUT2D eigenvalue weighted by Gasteiger charge is -2.16. The lowest BCUT2D eigenvalue weighted by Crippen LogP contribution is -2.18. The highest BCUT2D eigenvalue weighted by atomic mass is 15.2. The minimum Gasteiger partial charge on any atom is -0.368 e. The molecule has 1 aromatic carbocycles. The zero-order valence-electron chi connectivity index (χ0n) is 13.3. The van der Waals surface area contributed by atoms with Crippen molar-refractivity contribution in [2.24, 2.45) is 0 Å².